The Hall–Kier alpha value is -5.03. The number of aromatic carboxylic acids is 1. The molecule has 0 unspecified atom stereocenters. The molecule has 6 rings (SSSR count). The van der Waals surface area contributed by atoms with Gasteiger partial charge in [0.1, 0.15) is 24.0 Å². The van der Waals surface area contributed by atoms with Gasteiger partial charge < -0.3 is 14.7 Å². The van der Waals surface area contributed by atoms with E-state index in [1.807, 2.05) is 0 Å². The Bertz CT molecular complexity index is 2080. The zero-order valence-corrected chi connectivity index (χ0v) is 29.3. The van der Waals surface area contributed by atoms with Gasteiger partial charge in [0, 0.05) is 30.4 Å². The highest BCUT2D eigenvalue weighted by atomic mass is 32.2. The van der Waals surface area contributed by atoms with E-state index in [0.29, 0.717) is 9.87 Å². The first-order valence-electron chi connectivity index (χ1n) is 17.0. The van der Waals surface area contributed by atoms with Crippen LogP contribution in [-0.2, 0) is 40.3 Å². The van der Waals surface area contributed by atoms with Gasteiger partial charge in [0.25, 0.3) is 0 Å². The number of sulfonamides is 1. The zero-order chi connectivity index (χ0) is 38.8. The topological polar surface area (TPSA) is 130 Å². The molecule has 1 saturated heterocycles. The lowest BCUT2D eigenvalue weighted by Crippen LogP contribution is -2.59. The predicted molar refractivity (Wildman–Crippen MR) is 182 cm³/mol. The molecule has 2 heterocycles. The molecule has 1 aromatic heterocycles. The monoisotopic (exact) mass is 776 g/mol. The number of carboxylic acids is 1. The Morgan fingerprint density at radius 3 is 2.07 bits per heavy atom. The van der Waals surface area contributed by atoms with Gasteiger partial charge in [-0.3, -0.25) is 14.8 Å². The van der Waals surface area contributed by atoms with Gasteiger partial charge in [0.2, 0.25) is 15.9 Å². The first kappa shape index (κ1) is 38.7. The number of aromatic nitrogens is 2. The van der Waals surface area contributed by atoms with Gasteiger partial charge in [-0.2, -0.15) is 30.6 Å². The van der Waals surface area contributed by atoms with Crippen LogP contribution in [0.15, 0.2) is 84.0 Å². The summed E-state index contributed by atoms with van der Waals surface area (Å²) in [5, 5.41) is 9.88. The van der Waals surface area contributed by atoms with Crippen molar-refractivity contribution >= 4 is 27.6 Å². The third-order valence-corrected chi connectivity index (χ3v) is 11.4. The molecule has 4 aromatic rings. The maximum absolute atomic E-state index is 14.3. The van der Waals surface area contributed by atoms with E-state index in [9.17, 15) is 49.5 Å². The molecule has 54 heavy (non-hydrogen) atoms. The van der Waals surface area contributed by atoms with Crippen LogP contribution in [0.25, 0.3) is 0 Å². The predicted octanol–water partition coefficient (Wildman–Crippen LogP) is 7.84. The molecule has 2 aliphatic rings. The van der Waals surface area contributed by atoms with Gasteiger partial charge >= 0.3 is 18.3 Å². The number of carbonyl (C=O) groups is 2. The Morgan fingerprint density at radius 2 is 1.52 bits per heavy atom. The lowest BCUT2D eigenvalue weighted by atomic mass is 9.87. The van der Waals surface area contributed by atoms with Crippen molar-refractivity contribution in [3.8, 4) is 5.75 Å². The number of hydrogen-bond acceptors (Lipinski definition) is 7. The van der Waals surface area contributed by atoms with E-state index in [0.717, 1.165) is 42.7 Å². The van der Waals surface area contributed by atoms with Gasteiger partial charge in [-0.05, 0) is 55.2 Å². The van der Waals surface area contributed by atoms with E-state index in [2.05, 4.69) is 9.97 Å². The SMILES string of the molecule is O=C(O)c1ccc(N(Cc2cnc(C3CCCCC3)cn2)C(=O)[C@H]2CCN2S(=O)(=O)c2cc(C(F)(F)F)cc(C(F)(F)F)c2)cc1OCc1ccccc1. The first-order valence-corrected chi connectivity index (χ1v) is 18.4. The van der Waals surface area contributed by atoms with E-state index in [1.165, 1.54) is 24.4 Å². The highest BCUT2D eigenvalue weighted by Crippen LogP contribution is 2.40. The number of benzene rings is 3. The molecule has 0 spiro atoms. The van der Waals surface area contributed by atoms with E-state index in [4.69, 9.17) is 4.74 Å². The van der Waals surface area contributed by atoms with Crippen molar-refractivity contribution in [2.45, 2.75) is 80.9 Å². The molecule has 2 fully saturated rings. The fourth-order valence-electron chi connectivity index (χ4n) is 6.51. The van der Waals surface area contributed by atoms with Crippen molar-refractivity contribution in [2.24, 2.45) is 0 Å². The van der Waals surface area contributed by atoms with Crippen LogP contribution in [0.1, 0.15) is 82.9 Å². The fraction of sp³-hybridized carbons (Fsp3) is 0.351. The number of nitrogens with zero attached hydrogens (tertiary/aromatic N) is 4. The Morgan fingerprint density at radius 1 is 0.852 bits per heavy atom. The average molecular weight is 777 g/mol. The summed E-state index contributed by atoms with van der Waals surface area (Å²) in [4.78, 5) is 35.4. The lowest BCUT2D eigenvalue weighted by Gasteiger charge is -2.41. The fourth-order valence-corrected chi connectivity index (χ4v) is 8.21. The summed E-state index contributed by atoms with van der Waals surface area (Å²) in [5.41, 5.74) is -2.06. The number of alkyl halides is 6. The average Bonchev–Trinajstić information content (AvgIpc) is 3.12. The first-order chi connectivity index (χ1) is 25.5. The van der Waals surface area contributed by atoms with E-state index in [-0.39, 0.29) is 72.9 Å². The number of hydrogen-bond donors (Lipinski definition) is 1. The summed E-state index contributed by atoms with van der Waals surface area (Å²) in [5.74, 6) is -2.12. The molecule has 0 bridgehead atoms. The van der Waals surface area contributed by atoms with E-state index >= 15 is 0 Å². The Labute approximate surface area is 306 Å². The maximum atomic E-state index is 14.3. The number of ether oxygens (including phenoxy) is 1. The normalized spacial score (nSPS) is 17.1. The number of amides is 1. The summed E-state index contributed by atoms with van der Waals surface area (Å²) in [6.45, 7) is -0.713. The lowest BCUT2D eigenvalue weighted by molar-refractivity contribution is -0.143. The third kappa shape index (κ3) is 8.51. The largest absolute Gasteiger partial charge is 0.488 e. The van der Waals surface area contributed by atoms with Gasteiger partial charge in [0.15, 0.2) is 0 Å². The molecular formula is C37H34F6N4O6S. The summed E-state index contributed by atoms with van der Waals surface area (Å²) in [6.07, 6.45) is -2.53. The van der Waals surface area contributed by atoms with E-state index < -0.39 is 56.3 Å². The highest BCUT2D eigenvalue weighted by molar-refractivity contribution is 7.89. The molecule has 1 N–H and O–H groups in total. The van der Waals surface area contributed by atoms with Crippen LogP contribution in [0.5, 0.6) is 5.75 Å². The van der Waals surface area contributed by atoms with E-state index in [1.54, 1.807) is 36.5 Å². The number of carboxylic acid groups (broad SMARTS) is 1. The van der Waals surface area contributed by atoms with Gasteiger partial charge in [-0.1, -0.05) is 49.6 Å². The molecule has 0 radical (unpaired) electrons. The second kappa shape index (κ2) is 15.4. The standard InChI is InChI=1S/C37H34F6N4O6S/c38-36(39,40)25-15-26(37(41,42)43)17-29(16-25)54(51,52)47-14-13-32(47)34(48)46(21-27-19-45-31(20-44-27)24-9-5-2-6-10-24)28-11-12-30(35(49)50)33(18-28)53-22-23-7-3-1-4-8-23/h1,3-4,7-8,11-12,15-20,24,32H,2,5-6,9-10,13-14,21-22H2,(H,49,50)/t32-/m1/s1. The van der Waals surface area contributed by atoms with Crippen LogP contribution >= 0.6 is 0 Å². The van der Waals surface area contributed by atoms with Gasteiger partial charge in [0.05, 0.1) is 40.2 Å². The number of rotatable bonds is 11. The van der Waals surface area contributed by atoms with Crippen molar-refractivity contribution in [3.05, 3.63) is 113 Å². The molecule has 17 heteroatoms. The number of carbonyl (C=O) groups excluding carboxylic acids is 1. The van der Waals surface area contributed by atoms with Crippen molar-refractivity contribution in [3.63, 3.8) is 0 Å². The van der Waals surface area contributed by atoms with Gasteiger partial charge in [-0.25, -0.2) is 13.2 Å². The minimum atomic E-state index is -5.30. The van der Waals surface area contributed by atoms with Crippen LogP contribution in [0.2, 0.25) is 0 Å². The smallest absolute Gasteiger partial charge is 0.416 e. The summed E-state index contributed by atoms with van der Waals surface area (Å²) >= 11 is 0. The quantitative estimate of drug-likeness (QED) is 0.153. The number of anilines is 1. The molecule has 10 nitrogen and oxygen atoms in total. The van der Waals surface area contributed by atoms with Crippen molar-refractivity contribution in [1.29, 1.82) is 0 Å². The molecule has 286 valence electrons. The summed E-state index contributed by atoms with van der Waals surface area (Å²) < 4.78 is 116. The molecule has 1 atom stereocenters. The highest BCUT2D eigenvalue weighted by Gasteiger charge is 2.46. The molecule has 1 amide bonds. The van der Waals surface area contributed by atoms with Crippen LogP contribution in [0, 0.1) is 0 Å². The van der Waals surface area contributed by atoms with Crippen LogP contribution < -0.4 is 9.64 Å². The number of halogens is 6. The molecule has 1 saturated carbocycles. The Balaban J connectivity index is 1.36. The third-order valence-electron chi connectivity index (χ3n) is 9.50. The maximum Gasteiger partial charge on any atom is 0.416 e. The summed E-state index contributed by atoms with van der Waals surface area (Å²) in [7, 11) is -5.08. The second-order valence-corrected chi connectivity index (χ2v) is 15.0. The van der Waals surface area contributed by atoms with Crippen LogP contribution in [-0.4, -0.2) is 52.3 Å². The Kier molecular flexibility index (Phi) is 11.0. The minimum Gasteiger partial charge on any atom is -0.488 e. The zero-order valence-electron chi connectivity index (χ0n) is 28.5. The van der Waals surface area contributed by atoms with Crippen molar-refractivity contribution in [1.82, 2.24) is 14.3 Å². The molecule has 3 aromatic carbocycles. The van der Waals surface area contributed by atoms with Crippen LogP contribution in [0.3, 0.4) is 0 Å². The molecule has 1 aliphatic carbocycles. The second-order valence-electron chi connectivity index (χ2n) is 13.1. The molecule has 1 aliphatic heterocycles. The van der Waals surface area contributed by atoms with Crippen molar-refractivity contribution in [2.75, 3.05) is 11.4 Å². The minimum absolute atomic E-state index is 0.0435. The summed E-state index contributed by atoms with van der Waals surface area (Å²) in [6, 6.07) is 11.1. The molecular weight excluding hydrogens is 742 g/mol. The van der Waals surface area contributed by atoms with Crippen LogP contribution in [0.4, 0.5) is 32.0 Å². The van der Waals surface area contributed by atoms with Crippen molar-refractivity contribution < 1.29 is 54.2 Å². The van der Waals surface area contributed by atoms with Gasteiger partial charge in [-0.15, -0.1) is 0 Å².